The van der Waals surface area contributed by atoms with E-state index in [1.54, 1.807) is 0 Å². The molecule has 0 saturated carbocycles. The van der Waals surface area contributed by atoms with Gasteiger partial charge in [0.25, 0.3) is 0 Å². The van der Waals surface area contributed by atoms with Crippen molar-refractivity contribution in [1.29, 1.82) is 0 Å². The fourth-order valence-electron chi connectivity index (χ4n) is 5.49. The first-order valence-corrected chi connectivity index (χ1v) is 11.0. The molecule has 1 aromatic carbocycles. The fraction of sp³-hybridized carbons (Fsp3) is 0.609. The van der Waals surface area contributed by atoms with Gasteiger partial charge in [-0.05, 0) is 63.8 Å². The first-order valence-electron chi connectivity index (χ1n) is 11.0. The zero-order valence-corrected chi connectivity index (χ0v) is 17.7. The van der Waals surface area contributed by atoms with Crippen LogP contribution in [0.5, 0.6) is 0 Å². The predicted octanol–water partition coefficient (Wildman–Crippen LogP) is 4.02. The highest BCUT2D eigenvalue weighted by Crippen LogP contribution is 2.44. The number of amides is 2. The molecule has 2 aromatic rings. The number of hydrogen-bond acceptors (Lipinski definition) is 2. The number of benzene rings is 1. The number of nitrogens with one attached hydrogen (secondary N) is 2. The molecule has 5 nitrogen and oxygen atoms in total. The molecule has 2 amide bonds. The number of aromatic nitrogens is 1. The number of likely N-dealkylation sites (tertiary alicyclic amines) is 1. The SMILES string of the molecule is CCCN1C[C@@H](NC(=O)N(CC)CC)CC2c3cccc4[nH]c(C)c(c34)C[C@H]21. The number of H-pyrrole nitrogens is 1. The Bertz CT molecular complexity index is 854. The molecular formula is C23H34N4O. The molecule has 1 fully saturated rings. The number of piperidine rings is 1. The summed E-state index contributed by atoms with van der Waals surface area (Å²) in [5.74, 6) is 0.480. The van der Waals surface area contributed by atoms with E-state index in [1.807, 2.05) is 18.7 Å². The molecular weight excluding hydrogens is 348 g/mol. The molecule has 0 radical (unpaired) electrons. The maximum Gasteiger partial charge on any atom is 0.317 e. The second-order valence-corrected chi connectivity index (χ2v) is 8.43. The van der Waals surface area contributed by atoms with Crippen molar-refractivity contribution in [1.82, 2.24) is 20.1 Å². The van der Waals surface area contributed by atoms with Crippen LogP contribution in [0.25, 0.3) is 10.9 Å². The summed E-state index contributed by atoms with van der Waals surface area (Å²) in [6, 6.07) is 7.52. The van der Waals surface area contributed by atoms with Crippen LogP contribution < -0.4 is 5.32 Å². The van der Waals surface area contributed by atoms with E-state index in [4.69, 9.17) is 0 Å². The monoisotopic (exact) mass is 382 g/mol. The average molecular weight is 383 g/mol. The van der Waals surface area contributed by atoms with E-state index in [2.05, 4.69) is 47.2 Å². The third kappa shape index (κ3) is 3.20. The van der Waals surface area contributed by atoms with E-state index in [0.717, 1.165) is 45.4 Å². The van der Waals surface area contributed by atoms with E-state index in [0.29, 0.717) is 12.0 Å². The van der Waals surface area contributed by atoms with Gasteiger partial charge < -0.3 is 15.2 Å². The summed E-state index contributed by atoms with van der Waals surface area (Å²) in [6.45, 7) is 12.1. The zero-order chi connectivity index (χ0) is 19.8. The molecule has 152 valence electrons. The smallest absolute Gasteiger partial charge is 0.317 e. The number of fused-ring (bicyclic) bond motifs is 2. The number of aromatic amines is 1. The maximum absolute atomic E-state index is 12.7. The van der Waals surface area contributed by atoms with Crippen molar-refractivity contribution in [3.05, 3.63) is 35.0 Å². The van der Waals surface area contributed by atoms with Crippen LogP contribution in [-0.4, -0.2) is 59.1 Å². The van der Waals surface area contributed by atoms with Gasteiger partial charge in [0.05, 0.1) is 0 Å². The lowest BCUT2D eigenvalue weighted by atomic mass is 9.73. The number of rotatable bonds is 5. The first kappa shape index (κ1) is 19.3. The van der Waals surface area contributed by atoms with E-state index in [9.17, 15) is 4.79 Å². The lowest BCUT2D eigenvalue weighted by Gasteiger charge is -2.47. The molecule has 0 spiro atoms. The number of urea groups is 1. The van der Waals surface area contributed by atoms with Gasteiger partial charge in [-0.25, -0.2) is 4.79 Å². The minimum absolute atomic E-state index is 0.0806. The van der Waals surface area contributed by atoms with E-state index >= 15 is 0 Å². The third-order valence-corrected chi connectivity index (χ3v) is 6.80. The van der Waals surface area contributed by atoms with Crippen molar-refractivity contribution in [3.8, 4) is 0 Å². The molecule has 1 aromatic heterocycles. The van der Waals surface area contributed by atoms with E-state index in [-0.39, 0.29) is 12.1 Å². The fourth-order valence-corrected chi connectivity index (χ4v) is 5.49. The maximum atomic E-state index is 12.7. The van der Waals surface area contributed by atoms with Crippen LogP contribution in [0, 0.1) is 6.92 Å². The number of aryl methyl sites for hydroxylation is 1. The standard InChI is InChI=1S/C23H34N4O/c1-5-11-27-14-16(25-23(28)26(6-2)7-3)12-19-17-9-8-10-20-22(17)18(13-21(19)27)15(4)24-20/h8-10,16,19,21,24H,5-7,11-14H2,1-4H3,(H,25,28)/t16-,19?,21+/m0/s1. The minimum Gasteiger partial charge on any atom is -0.358 e. The highest BCUT2D eigenvalue weighted by molar-refractivity contribution is 5.89. The van der Waals surface area contributed by atoms with Crippen LogP contribution >= 0.6 is 0 Å². The Balaban J connectivity index is 1.66. The van der Waals surface area contributed by atoms with Crippen molar-refractivity contribution in [2.24, 2.45) is 0 Å². The van der Waals surface area contributed by atoms with Crippen molar-refractivity contribution < 1.29 is 4.79 Å². The van der Waals surface area contributed by atoms with Crippen molar-refractivity contribution in [3.63, 3.8) is 0 Å². The highest BCUT2D eigenvalue weighted by atomic mass is 16.2. The summed E-state index contributed by atoms with van der Waals surface area (Å²) < 4.78 is 0. The predicted molar refractivity (Wildman–Crippen MR) is 115 cm³/mol. The Kier molecular flexibility index (Phi) is 5.37. The van der Waals surface area contributed by atoms with Crippen LogP contribution in [-0.2, 0) is 6.42 Å². The average Bonchev–Trinajstić information content (AvgIpc) is 3.00. The molecule has 2 heterocycles. The normalized spacial score (nSPS) is 24.2. The molecule has 28 heavy (non-hydrogen) atoms. The lowest BCUT2D eigenvalue weighted by molar-refractivity contribution is 0.0979. The molecule has 4 rings (SSSR count). The second kappa shape index (κ2) is 7.78. The van der Waals surface area contributed by atoms with Gasteiger partial charge in [0.15, 0.2) is 0 Å². The van der Waals surface area contributed by atoms with Gasteiger partial charge in [-0.15, -0.1) is 0 Å². The van der Waals surface area contributed by atoms with E-state index < -0.39 is 0 Å². The number of hydrogen-bond donors (Lipinski definition) is 2. The Morgan fingerprint density at radius 3 is 2.79 bits per heavy atom. The summed E-state index contributed by atoms with van der Waals surface area (Å²) in [4.78, 5) is 20.8. The van der Waals surface area contributed by atoms with Crippen molar-refractivity contribution in [2.45, 2.75) is 65.0 Å². The minimum atomic E-state index is 0.0806. The lowest BCUT2D eigenvalue weighted by Crippen LogP contribution is -2.57. The van der Waals surface area contributed by atoms with Gasteiger partial charge in [0.2, 0.25) is 0 Å². The number of carbonyl (C=O) groups is 1. The number of nitrogens with zero attached hydrogens (tertiary/aromatic N) is 2. The van der Waals surface area contributed by atoms with Crippen LogP contribution in [0.1, 0.15) is 56.4 Å². The quantitative estimate of drug-likeness (QED) is 0.821. The molecule has 1 unspecified atom stereocenters. The summed E-state index contributed by atoms with van der Waals surface area (Å²) in [7, 11) is 0. The molecule has 5 heteroatoms. The Morgan fingerprint density at radius 1 is 1.29 bits per heavy atom. The molecule has 3 atom stereocenters. The second-order valence-electron chi connectivity index (χ2n) is 8.43. The Labute approximate surface area is 168 Å². The van der Waals surface area contributed by atoms with Gasteiger partial charge >= 0.3 is 6.03 Å². The molecule has 2 aliphatic rings. The summed E-state index contributed by atoms with van der Waals surface area (Å²) in [6.07, 6.45) is 3.29. The van der Waals surface area contributed by atoms with Crippen molar-refractivity contribution in [2.75, 3.05) is 26.2 Å². The highest BCUT2D eigenvalue weighted by Gasteiger charge is 2.41. The van der Waals surface area contributed by atoms with Crippen LogP contribution in [0.2, 0.25) is 0 Å². The van der Waals surface area contributed by atoms with Gasteiger partial charge in [-0.2, -0.15) is 0 Å². The van der Waals surface area contributed by atoms with Crippen molar-refractivity contribution >= 4 is 16.9 Å². The summed E-state index contributed by atoms with van der Waals surface area (Å²) >= 11 is 0. The van der Waals surface area contributed by atoms with Gasteiger partial charge in [-0.3, -0.25) is 4.90 Å². The van der Waals surface area contributed by atoms with Crippen LogP contribution in [0.4, 0.5) is 4.79 Å². The van der Waals surface area contributed by atoms with Crippen LogP contribution in [0.15, 0.2) is 18.2 Å². The molecule has 1 aliphatic carbocycles. The summed E-state index contributed by atoms with van der Waals surface area (Å²) in [5, 5.41) is 4.78. The number of carbonyl (C=O) groups excluding carboxylic acids is 1. The first-order chi connectivity index (χ1) is 13.6. The summed E-state index contributed by atoms with van der Waals surface area (Å²) in [5.41, 5.74) is 5.55. The third-order valence-electron chi connectivity index (χ3n) is 6.80. The molecule has 0 bridgehead atoms. The topological polar surface area (TPSA) is 51.4 Å². The molecule has 1 saturated heterocycles. The van der Waals surface area contributed by atoms with E-state index in [1.165, 1.54) is 27.7 Å². The van der Waals surface area contributed by atoms with Gasteiger partial charge in [-0.1, -0.05) is 19.1 Å². The Morgan fingerprint density at radius 2 is 2.07 bits per heavy atom. The largest absolute Gasteiger partial charge is 0.358 e. The molecule has 1 aliphatic heterocycles. The Hall–Kier alpha value is -2.01. The zero-order valence-electron chi connectivity index (χ0n) is 17.7. The van der Waals surface area contributed by atoms with Gasteiger partial charge in [0.1, 0.15) is 0 Å². The van der Waals surface area contributed by atoms with Gasteiger partial charge in [0, 0.05) is 54.2 Å². The van der Waals surface area contributed by atoms with Crippen LogP contribution in [0.3, 0.4) is 0 Å². The molecule has 2 N–H and O–H groups in total.